The lowest BCUT2D eigenvalue weighted by molar-refractivity contribution is -0.121. The van der Waals surface area contributed by atoms with Gasteiger partial charge in [0.25, 0.3) is 0 Å². The Balaban J connectivity index is 1.44. The average Bonchev–Trinajstić information content (AvgIpc) is 3.18. The molecule has 0 radical (unpaired) electrons. The molecule has 2 N–H and O–H groups in total. The molecule has 7 heteroatoms. The lowest BCUT2D eigenvalue weighted by Crippen LogP contribution is -2.27. The van der Waals surface area contributed by atoms with E-state index in [1.165, 1.54) is 0 Å². The summed E-state index contributed by atoms with van der Waals surface area (Å²) in [5.74, 6) is 1.47. The van der Waals surface area contributed by atoms with Crippen molar-refractivity contribution in [3.63, 3.8) is 0 Å². The summed E-state index contributed by atoms with van der Waals surface area (Å²) in [7, 11) is 0. The number of fused-ring (bicyclic) bond motifs is 1. The van der Waals surface area contributed by atoms with Gasteiger partial charge in [-0.2, -0.15) is 5.10 Å². The lowest BCUT2D eigenvalue weighted by Gasteiger charge is -2.17. The van der Waals surface area contributed by atoms with E-state index in [-0.39, 0.29) is 11.9 Å². The number of carbonyl (C=O) groups is 1. The number of hydrogen-bond acceptors (Lipinski definition) is 4. The summed E-state index contributed by atoms with van der Waals surface area (Å²) in [6, 6.07) is 21.9. The van der Waals surface area contributed by atoms with Gasteiger partial charge in [0, 0.05) is 18.5 Å². The van der Waals surface area contributed by atoms with Crippen LogP contribution in [0.3, 0.4) is 0 Å². The van der Waals surface area contributed by atoms with Crippen LogP contribution in [0, 0.1) is 4.77 Å². The molecule has 0 aliphatic carbocycles. The molecule has 1 atom stereocenters. The largest absolute Gasteiger partial charge is 0.494 e. The van der Waals surface area contributed by atoms with Crippen LogP contribution in [0.4, 0.5) is 0 Å². The highest BCUT2D eigenvalue weighted by atomic mass is 32.1. The van der Waals surface area contributed by atoms with Gasteiger partial charge in [-0.25, -0.2) is 0 Å². The number of nitrogens with zero attached hydrogens (tertiary/aromatic N) is 2. The summed E-state index contributed by atoms with van der Waals surface area (Å²) in [6.07, 6.45) is 0.299. The standard InChI is InChI=1S/C25H26N4O2S/c1-3-31-20-13-11-19(12-14-20)24-27-28-25(32)29(24)16-15-23(30)26-17(2)21-10-6-8-18-7-4-5-9-22(18)21/h4-14,17H,3,15-16H2,1-2H3,(H,26,30)(H,28,32). The first-order valence-electron chi connectivity index (χ1n) is 10.7. The molecular weight excluding hydrogens is 420 g/mol. The van der Waals surface area contributed by atoms with Crippen molar-refractivity contribution in [3.8, 4) is 17.1 Å². The molecule has 0 aliphatic heterocycles. The molecule has 1 heterocycles. The third-order valence-electron chi connectivity index (χ3n) is 5.41. The van der Waals surface area contributed by atoms with Gasteiger partial charge in [-0.3, -0.25) is 14.5 Å². The van der Waals surface area contributed by atoms with E-state index in [0.717, 1.165) is 27.6 Å². The van der Waals surface area contributed by atoms with Crippen LogP contribution in [0.15, 0.2) is 66.7 Å². The minimum atomic E-state index is -0.100. The first-order valence-corrected chi connectivity index (χ1v) is 11.1. The first kappa shape index (κ1) is 21.8. The molecule has 0 bridgehead atoms. The Bertz CT molecular complexity index is 1270. The summed E-state index contributed by atoms with van der Waals surface area (Å²) in [5.41, 5.74) is 2.01. The van der Waals surface area contributed by atoms with Crippen LogP contribution in [0.25, 0.3) is 22.2 Å². The maximum Gasteiger partial charge on any atom is 0.222 e. The van der Waals surface area contributed by atoms with Crippen LogP contribution >= 0.6 is 12.2 Å². The Morgan fingerprint density at radius 2 is 1.88 bits per heavy atom. The van der Waals surface area contributed by atoms with Crippen molar-refractivity contribution < 1.29 is 9.53 Å². The molecule has 1 amide bonds. The average molecular weight is 447 g/mol. The van der Waals surface area contributed by atoms with Crippen molar-refractivity contribution in [3.05, 3.63) is 77.1 Å². The van der Waals surface area contributed by atoms with E-state index in [4.69, 9.17) is 17.0 Å². The van der Waals surface area contributed by atoms with Crippen LogP contribution in [-0.4, -0.2) is 27.3 Å². The van der Waals surface area contributed by atoms with Gasteiger partial charge < -0.3 is 10.1 Å². The van der Waals surface area contributed by atoms with E-state index in [1.54, 1.807) is 0 Å². The molecule has 4 aromatic rings. The molecule has 0 fully saturated rings. The minimum Gasteiger partial charge on any atom is -0.494 e. The van der Waals surface area contributed by atoms with Crippen LogP contribution in [0.5, 0.6) is 5.75 Å². The van der Waals surface area contributed by atoms with Gasteiger partial charge in [-0.1, -0.05) is 42.5 Å². The predicted octanol–water partition coefficient (Wildman–Crippen LogP) is 5.43. The molecule has 4 rings (SSSR count). The van der Waals surface area contributed by atoms with Crippen LogP contribution < -0.4 is 10.1 Å². The van der Waals surface area contributed by atoms with Gasteiger partial charge in [0.15, 0.2) is 10.6 Å². The minimum absolute atomic E-state index is 0.0359. The fraction of sp³-hybridized carbons (Fsp3) is 0.240. The molecule has 32 heavy (non-hydrogen) atoms. The fourth-order valence-electron chi connectivity index (χ4n) is 3.85. The second-order valence-electron chi connectivity index (χ2n) is 7.57. The Morgan fingerprint density at radius 3 is 2.66 bits per heavy atom. The normalized spacial score (nSPS) is 11.9. The fourth-order valence-corrected chi connectivity index (χ4v) is 4.07. The van der Waals surface area contributed by atoms with Crippen molar-refractivity contribution in [1.29, 1.82) is 0 Å². The van der Waals surface area contributed by atoms with Crippen LogP contribution in [-0.2, 0) is 11.3 Å². The Hall–Kier alpha value is -3.45. The van der Waals surface area contributed by atoms with Crippen LogP contribution in [0.2, 0.25) is 0 Å². The summed E-state index contributed by atoms with van der Waals surface area (Å²) < 4.78 is 7.85. The summed E-state index contributed by atoms with van der Waals surface area (Å²) in [5, 5.41) is 12.6. The van der Waals surface area contributed by atoms with Crippen molar-refractivity contribution in [2.24, 2.45) is 0 Å². The summed E-state index contributed by atoms with van der Waals surface area (Å²) >= 11 is 5.40. The number of aromatic amines is 1. The number of aromatic nitrogens is 3. The van der Waals surface area contributed by atoms with Crippen molar-refractivity contribution in [2.75, 3.05) is 6.61 Å². The zero-order chi connectivity index (χ0) is 22.5. The van der Waals surface area contributed by atoms with Gasteiger partial charge in [0.2, 0.25) is 5.91 Å². The summed E-state index contributed by atoms with van der Waals surface area (Å²) in [4.78, 5) is 12.7. The molecule has 0 aliphatic rings. The number of rotatable bonds is 8. The molecule has 6 nitrogen and oxygen atoms in total. The van der Waals surface area contributed by atoms with Crippen molar-refractivity contribution in [1.82, 2.24) is 20.1 Å². The van der Waals surface area contributed by atoms with Crippen molar-refractivity contribution >= 4 is 28.9 Å². The SMILES string of the molecule is CCOc1ccc(-c2n[nH]c(=S)n2CCC(=O)NC(C)c2cccc3ccccc23)cc1. The molecular formula is C25H26N4O2S. The Morgan fingerprint density at radius 1 is 1.12 bits per heavy atom. The molecule has 0 saturated carbocycles. The highest BCUT2D eigenvalue weighted by molar-refractivity contribution is 7.71. The molecule has 164 valence electrons. The van der Waals surface area contributed by atoms with Gasteiger partial charge in [-0.05, 0) is 66.7 Å². The third-order valence-corrected chi connectivity index (χ3v) is 5.72. The highest BCUT2D eigenvalue weighted by Gasteiger charge is 2.14. The smallest absolute Gasteiger partial charge is 0.222 e. The lowest BCUT2D eigenvalue weighted by atomic mass is 9.99. The van der Waals surface area contributed by atoms with E-state index >= 15 is 0 Å². The van der Waals surface area contributed by atoms with Crippen molar-refractivity contribution in [2.45, 2.75) is 32.9 Å². The molecule has 0 saturated heterocycles. The molecule has 3 aromatic carbocycles. The number of amides is 1. The van der Waals surface area contributed by atoms with E-state index < -0.39 is 0 Å². The number of H-pyrrole nitrogens is 1. The monoisotopic (exact) mass is 446 g/mol. The first-order chi connectivity index (χ1) is 15.6. The topological polar surface area (TPSA) is 71.9 Å². The predicted molar refractivity (Wildman–Crippen MR) is 129 cm³/mol. The molecule has 0 spiro atoms. The maximum absolute atomic E-state index is 12.7. The zero-order valence-corrected chi connectivity index (χ0v) is 19.0. The molecule has 1 unspecified atom stereocenters. The second-order valence-corrected chi connectivity index (χ2v) is 7.96. The van der Waals surface area contributed by atoms with Gasteiger partial charge in [0.1, 0.15) is 5.75 Å². The second kappa shape index (κ2) is 9.78. The quantitative estimate of drug-likeness (QED) is 0.354. The van der Waals surface area contributed by atoms with Gasteiger partial charge in [0.05, 0.1) is 12.6 Å². The zero-order valence-electron chi connectivity index (χ0n) is 18.2. The van der Waals surface area contributed by atoms with E-state index in [2.05, 4.69) is 39.8 Å². The number of hydrogen-bond donors (Lipinski definition) is 2. The number of ether oxygens (including phenoxy) is 1. The van der Waals surface area contributed by atoms with Gasteiger partial charge >= 0.3 is 0 Å². The van der Waals surface area contributed by atoms with E-state index in [0.29, 0.717) is 30.2 Å². The highest BCUT2D eigenvalue weighted by Crippen LogP contribution is 2.24. The van der Waals surface area contributed by atoms with Crippen LogP contribution in [0.1, 0.15) is 31.9 Å². The third kappa shape index (κ3) is 4.73. The van der Waals surface area contributed by atoms with Gasteiger partial charge in [-0.15, -0.1) is 0 Å². The number of benzene rings is 3. The Labute approximate surface area is 192 Å². The summed E-state index contributed by atoms with van der Waals surface area (Å²) in [6.45, 7) is 5.01. The molecule has 1 aromatic heterocycles. The maximum atomic E-state index is 12.7. The number of carbonyl (C=O) groups excluding carboxylic acids is 1. The number of nitrogens with one attached hydrogen (secondary N) is 2. The Kier molecular flexibility index (Phi) is 6.66. The van der Waals surface area contributed by atoms with E-state index in [1.807, 2.05) is 60.9 Å². The van der Waals surface area contributed by atoms with E-state index in [9.17, 15) is 4.79 Å².